The summed E-state index contributed by atoms with van der Waals surface area (Å²) < 4.78 is 6.32. The quantitative estimate of drug-likeness (QED) is 0.573. The van der Waals surface area contributed by atoms with E-state index >= 15 is 0 Å². The van der Waals surface area contributed by atoms with Crippen LogP contribution < -0.4 is 11.5 Å². The van der Waals surface area contributed by atoms with Gasteiger partial charge in [-0.3, -0.25) is 0 Å². The molecule has 0 fully saturated rings. The largest absolute Gasteiger partial charge is 0.455 e. The fourth-order valence-electron chi connectivity index (χ4n) is 1.99. The van der Waals surface area contributed by atoms with E-state index in [4.69, 9.17) is 16.2 Å². The Bertz CT molecular complexity index is 760. The number of hydrogen-bond donors (Lipinski definition) is 2. The van der Waals surface area contributed by atoms with Gasteiger partial charge in [0.2, 0.25) is 0 Å². The van der Waals surface area contributed by atoms with Crippen LogP contribution in [0.15, 0.2) is 42.5 Å². The van der Waals surface area contributed by atoms with Crippen LogP contribution in [0.4, 0.5) is 11.4 Å². The van der Waals surface area contributed by atoms with Gasteiger partial charge in [-0.1, -0.05) is 12.1 Å². The molecule has 0 atom stereocenters. The van der Waals surface area contributed by atoms with Crippen LogP contribution in [0.1, 0.15) is 15.4 Å². The van der Waals surface area contributed by atoms with E-state index in [1.807, 2.05) is 24.3 Å². The van der Waals surface area contributed by atoms with Gasteiger partial charge in [0.1, 0.15) is 11.6 Å². The number of para-hydroxylation sites is 1. The van der Waals surface area contributed by atoms with Crippen molar-refractivity contribution in [3.8, 4) is 0 Å². The summed E-state index contributed by atoms with van der Waals surface area (Å²) in [4.78, 5) is 16.4. The van der Waals surface area contributed by atoms with Gasteiger partial charge in [-0.15, -0.1) is 11.3 Å². The van der Waals surface area contributed by atoms with Crippen molar-refractivity contribution in [1.29, 1.82) is 0 Å². The van der Waals surface area contributed by atoms with Gasteiger partial charge in [-0.25, -0.2) is 9.78 Å². The van der Waals surface area contributed by atoms with E-state index in [-0.39, 0.29) is 6.61 Å². The molecule has 0 aliphatic rings. The third-order valence-corrected chi connectivity index (χ3v) is 3.89. The summed E-state index contributed by atoms with van der Waals surface area (Å²) in [6.45, 7) is 0.132. The van der Waals surface area contributed by atoms with E-state index in [1.54, 1.807) is 6.07 Å². The number of rotatable bonds is 3. The minimum Gasteiger partial charge on any atom is -0.455 e. The van der Waals surface area contributed by atoms with Crippen molar-refractivity contribution < 1.29 is 9.53 Å². The molecule has 0 aliphatic carbocycles. The molecular formula is C15H13N3O2S. The van der Waals surface area contributed by atoms with Crippen molar-refractivity contribution in [1.82, 2.24) is 4.98 Å². The van der Waals surface area contributed by atoms with Crippen molar-refractivity contribution in [2.24, 2.45) is 0 Å². The summed E-state index contributed by atoms with van der Waals surface area (Å²) in [6.07, 6.45) is 0. The Labute approximate surface area is 125 Å². The summed E-state index contributed by atoms with van der Waals surface area (Å²) in [6, 6.07) is 12.4. The normalized spacial score (nSPS) is 10.7. The summed E-state index contributed by atoms with van der Waals surface area (Å²) in [5.74, 6) is -0.465. The maximum atomic E-state index is 12.0. The third kappa shape index (κ3) is 2.95. The Hall–Kier alpha value is -2.60. The number of ether oxygens (including phenoxy) is 1. The number of aromatic nitrogens is 1. The molecule has 1 aromatic heterocycles. The number of esters is 1. The highest BCUT2D eigenvalue weighted by molar-refractivity contribution is 7.18. The first-order valence-corrected chi connectivity index (χ1v) is 7.11. The summed E-state index contributed by atoms with van der Waals surface area (Å²) in [5, 5.41) is 0.751. The Morgan fingerprint density at radius 2 is 1.86 bits per heavy atom. The summed E-state index contributed by atoms with van der Waals surface area (Å²) >= 11 is 1.50. The molecule has 4 N–H and O–H groups in total. The maximum absolute atomic E-state index is 12.0. The average molecular weight is 299 g/mol. The highest BCUT2D eigenvalue weighted by Gasteiger charge is 2.11. The Kier molecular flexibility index (Phi) is 3.45. The number of benzene rings is 2. The number of carbonyl (C=O) groups excluding carboxylic acids is 1. The van der Waals surface area contributed by atoms with Crippen molar-refractivity contribution in [3.63, 3.8) is 0 Å². The zero-order chi connectivity index (χ0) is 14.8. The predicted molar refractivity (Wildman–Crippen MR) is 84.0 cm³/mol. The molecule has 3 rings (SSSR count). The number of nitrogens with zero attached hydrogens (tertiary/aromatic N) is 1. The first-order chi connectivity index (χ1) is 10.1. The van der Waals surface area contributed by atoms with Crippen molar-refractivity contribution in [2.75, 3.05) is 11.5 Å². The van der Waals surface area contributed by atoms with Gasteiger partial charge >= 0.3 is 5.97 Å². The second-order valence-electron chi connectivity index (χ2n) is 4.54. The molecule has 1 heterocycles. The van der Waals surface area contributed by atoms with Crippen LogP contribution in [0.5, 0.6) is 0 Å². The molecular weight excluding hydrogens is 286 g/mol. The number of carbonyl (C=O) groups is 1. The fourth-order valence-corrected chi connectivity index (χ4v) is 2.87. The molecule has 0 amide bonds. The smallest absolute Gasteiger partial charge is 0.338 e. The minimum atomic E-state index is -0.465. The van der Waals surface area contributed by atoms with E-state index in [0.717, 1.165) is 15.2 Å². The molecule has 0 aliphatic heterocycles. The highest BCUT2D eigenvalue weighted by Crippen LogP contribution is 2.22. The lowest BCUT2D eigenvalue weighted by atomic mass is 10.2. The van der Waals surface area contributed by atoms with Crippen molar-refractivity contribution >= 4 is 38.9 Å². The number of nitrogens with two attached hydrogens (primary N) is 2. The number of thiazole rings is 1. The molecule has 0 saturated carbocycles. The molecule has 3 aromatic rings. The van der Waals surface area contributed by atoms with Crippen LogP contribution in [0.3, 0.4) is 0 Å². The summed E-state index contributed by atoms with van der Waals surface area (Å²) in [5.41, 5.74) is 13.4. The number of hydrogen-bond acceptors (Lipinski definition) is 6. The monoisotopic (exact) mass is 299 g/mol. The second-order valence-corrected chi connectivity index (χ2v) is 5.66. The minimum absolute atomic E-state index is 0.132. The highest BCUT2D eigenvalue weighted by atomic mass is 32.1. The number of fused-ring (bicyclic) bond motifs is 1. The van der Waals surface area contributed by atoms with Gasteiger partial charge < -0.3 is 16.2 Å². The number of nitrogen functional groups attached to an aromatic ring is 2. The van der Waals surface area contributed by atoms with Crippen LogP contribution in [0, 0.1) is 0 Å². The van der Waals surface area contributed by atoms with Crippen LogP contribution in [0.2, 0.25) is 0 Å². The molecule has 5 nitrogen and oxygen atoms in total. The van der Waals surface area contributed by atoms with Gasteiger partial charge in [0.05, 0.1) is 15.8 Å². The average Bonchev–Trinajstić information content (AvgIpc) is 2.86. The Morgan fingerprint density at radius 1 is 1.14 bits per heavy atom. The van der Waals surface area contributed by atoms with Crippen LogP contribution >= 0.6 is 11.3 Å². The molecule has 6 heteroatoms. The van der Waals surface area contributed by atoms with Gasteiger partial charge in [0, 0.05) is 11.4 Å². The first-order valence-electron chi connectivity index (χ1n) is 6.29. The maximum Gasteiger partial charge on any atom is 0.338 e. The van der Waals surface area contributed by atoms with Crippen LogP contribution in [-0.2, 0) is 11.3 Å². The van der Waals surface area contributed by atoms with E-state index < -0.39 is 5.97 Å². The zero-order valence-corrected chi connectivity index (χ0v) is 11.9. The van der Waals surface area contributed by atoms with Crippen molar-refractivity contribution in [3.05, 3.63) is 53.0 Å². The molecule has 0 saturated heterocycles. The first kappa shape index (κ1) is 13.4. The lowest BCUT2D eigenvalue weighted by Crippen LogP contribution is -2.06. The Balaban J connectivity index is 1.73. The van der Waals surface area contributed by atoms with Gasteiger partial charge in [0.15, 0.2) is 0 Å². The number of anilines is 2. The van der Waals surface area contributed by atoms with E-state index in [0.29, 0.717) is 16.9 Å². The van der Waals surface area contributed by atoms with Gasteiger partial charge in [0.25, 0.3) is 0 Å². The lowest BCUT2D eigenvalue weighted by Gasteiger charge is -2.04. The van der Waals surface area contributed by atoms with Crippen LogP contribution in [0.25, 0.3) is 10.2 Å². The molecule has 21 heavy (non-hydrogen) atoms. The standard InChI is InChI=1S/C15H13N3O2S/c16-10-5-9(6-11(17)7-10)15(19)20-8-14-18-12-3-1-2-4-13(12)21-14/h1-7H,8,16-17H2. The lowest BCUT2D eigenvalue weighted by molar-refractivity contribution is 0.0472. The SMILES string of the molecule is Nc1cc(N)cc(C(=O)OCc2nc3ccccc3s2)c1. The van der Waals surface area contributed by atoms with E-state index in [2.05, 4.69) is 4.98 Å². The molecule has 0 spiro atoms. The Morgan fingerprint density at radius 3 is 2.57 bits per heavy atom. The molecule has 0 bridgehead atoms. The van der Waals surface area contributed by atoms with Gasteiger partial charge in [-0.2, -0.15) is 0 Å². The molecule has 0 radical (unpaired) electrons. The second kappa shape index (κ2) is 5.41. The topological polar surface area (TPSA) is 91.2 Å². The van der Waals surface area contributed by atoms with Crippen LogP contribution in [-0.4, -0.2) is 11.0 Å². The third-order valence-electron chi connectivity index (χ3n) is 2.88. The van der Waals surface area contributed by atoms with Gasteiger partial charge in [-0.05, 0) is 30.3 Å². The van der Waals surface area contributed by atoms with E-state index in [1.165, 1.54) is 23.5 Å². The molecule has 2 aromatic carbocycles. The van der Waals surface area contributed by atoms with Crippen molar-refractivity contribution in [2.45, 2.75) is 6.61 Å². The van der Waals surface area contributed by atoms with E-state index in [9.17, 15) is 4.79 Å². The molecule has 0 unspecified atom stereocenters. The fraction of sp³-hybridized carbons (Fsp3) is 0.0667. The molecule has 106 valence electrons. The zero-order valence-electron chi connectivity index (χ0n) is 11.1. The summed E-state index contributed by atoms with van der Waals surface area (Å²) in [7, 11) is 0. The predicted octanol–water partition coefficient (Wildman–Crippen LogP) is 2.82.